The summed E-state index contributed by atoms with van der Waals surface area (Å²) in [5.74, 6) is 0.163. The smallest absolute Gasteiger partial charge is 0.166 e. The summed E-state index contributed by atoms with van der Waals surface area (Å²) < 4.78 is 1.78. The van der Waals surface area contributed by atoms with E-state index in [0.717, 1.165) is 13.0 Å². The molecule has 0 aliphatic rings. The SMILES string of the molecule is CCn1cc(C(=O)CCc2cccc(C)c2)cn1. The lowest BCUT2D eigenvalue weighted by atomic mass is 10.0. The lowest BCUT2D eigenvalue weighted by Crippen LogP contribution is -2.00. The van der Waals surface area contributed by atoms with E-state index >= 15 is 0 Å². The van der Waals surface area contributed by atoms with Crippen LogP contribution in [-0.4, -0.2) is 15.6 Å². The third-order valence-electron chi connectivity index (χ3n) is 3.00. The van der Waals surface area contributed by atoms with Crippen molar-refractivity contribution in [3.05, 3.63) is 53.3 Å². The van der Waals surface area contributed by atoms with E-state index in [1.807, 2.05) is 19.2 Å². The molecule has 0 unspecified atom stereocenters. The molecular weight excluding hydrogens is 224 g/mol. The molecule has 0 spiro atoms. The number of ketones is 1. The van der Waals surface area contributed by atoms with Gasteiger partial charge in [-0.15, -0.1) is 0 Å². The van der Waals surface area contributed by atoms with Gasteiger partial charge in [0.2, 0.25) is 0 Å². The number of aromatic nitrogens is 2. The largest absolute Gasteiger partial charge is 0.294 e. The molecule has 0 saturated carbocycles. The second-order valence-corrected chi connectivity index (χ2v) is 4.50. The van der Waals surface area contributed by atoms with Crippen LogP contribution in [0.2, 0.25) is 0 Å². The van der Waals surface area contributed by atoms with E-state index in [4.69, 9.17) is 0 Å². The van der Waals surface area contributed by atoms with Gasteiger partial charge in [-0.25, -0.2) is 0 Å². The minimum absolute atomic E-state index is 0.163. The third kappa shape index (κ3) is 3.06. The number of aryl methyl sites for hydroxylation is 3. The van der Waals surface area contributed by atoms with Crippen molar-refractivity contribution < 1.29 is 4.79 Å². The molecule has 94 valence electrons. The van der Waals surface area contributed by atoms with Gasteiger partial charge >= 0.3 is 0 Å². The zero-order chi connectivity index (χ0) is 13.0. The van der Waals surface area contributed by atoms with Crippen LogP contribution in [0.3, 0.4) is 0 Å². The van der Waals surface area contributed by atoms with Crippen LogP contribution in [0.4, 0.5) is 0 Å². The second-order valence-electron chi connectivity index (χ2n) is 4.50. The van der Waals surface area contributed by atoms with Crippen LogP contribution >= 0.6 is 0 Å². The van der Waals surface area contributed by atoms with Crippen LogP contribution in [0, 0.1) is 6.92 Å². The predicted octanol–water partition coefficient (Wildman–Crippen LogP) is 3.03. The Bertz CT molecular complexity index is 543. The number of hydrogen-bond donors (Lipinski definition) is 0. The van der Waals surface area contributed by atoms with Gasteiger partial charge in [0.15, 0.2) is 5.78 Å². The van der Waals surface area contributed by atoms with E-state index in [-0.39, 0.29) is 5.78 Å². The molecule has 18 heavy (non-hydrogen) atoms. The summed E-state index contributed by atoms with van der Waals surface area (Å²) >= 11 is 0. The molecule has 0 N–H and O–H groups in total. The third-order valence-corrected chi connectivity index (χ3v) is 3.00. The molecule has 0 amide bonds. The van der Waals surface area contributed by atoms with Crippen molar-refractivity contribution >= 4 is 5.78 Å². The number of Topliss-reactive ketones (excluding diaryl/α,β-unsaturated/α-hetero) is 1. The zero-order valence-corrected chi connectivity index (χ0v) is 10.9. The summed E-state index contributed by atoms with van der Waals surface area (Å²) in [6.07, 6.45) is 4.80. The fourth-order valence-corrected chi connectivity index (χ4v) is 1.95. The van der Waals surface area contributed by atoms with Crippen LogP contribution in [-0.2, 0) is 13.0 Å². The summed E-state index contributed by atoms with van der Waals surface area (Å²) in [6, 6.07) is 8.29. The van der Waals surface area contributed by atoms with Crippen molar-refractivity contribution in [1.29, 1.82) is 0 Å². The van der Waals surface area contributed by atoms with E-state index < -0.39 is 0 Å². The average molecular weight is 242 g/mol. The van der Waals surface area contributed by atoms with Gasteiger partial charge < -0.3 is 0 Å². The lowest BCUT2D eigenvalue weighted by molar-refractivity contribution is 0.0982. The Hall–Kier alpha value is -1.90. The number of nitrogens with zero attached hydrogens (tertiary/aromatic N) is 2. The second kappa shape index (κ2) is 5.63. The molecular formula is C15H18N2O. The van der Waals surface area contributed by atoms with Gasteiger partial charge in [0.05, 0.1) is 11.8 Å². The van der Waals surface area contributed by atoms with Crippen LogP contribution in [0.1, 0.15) is 34.8 Å². The Morgan fingerprint density at radius 3 is 2.89 bits per heavy atom. The minimum Gasteiger partial charge on any atom is -0.294 e. The van der Waals surface area contributed by atoms with Crippen molar-refractivity contribution in [2.45, 2.75) is 33.2 Å². The Labute approximate surface area is 107 Å². The molecule has 0 aliphatic carbocycles. The van der Waals surface area contributed by atoms with Crippen molar-refractivity contribution in [2.75, 3.05) is 0 Å². The van der Waals surface area contributed by atoms with Gasteiger partial charge in [-0.1, -0.05) is 29.8 Å². The summed E-state index contributed by atoms with van der Waals surface area (Å²) in [5.41, 5.74) is 3.16. The fourth-order valence-electron chi connectivity index (χ4n) is 1.95. The number of benzene rings is 1. The molecule has 0 fully saturated rings. The molecule has 0 saturated heterocycles. The van der Waals surface area contributed by atoms with E-state index in [1.54, 1.807) is 10.9 Å². The highest BCUT2D eigenvalue weighted by Crippen LogP contribution is 2.10. The van der Waals surface area contributed by atoms with Gasteiger partial charge in [-0.2, -0.15) is 5.10 Å². The summed E-state index contributed by atoms with van der Waals surface area (Å²) in [6.45, 7) is 4.87. The molecule has 1 aromatic heterocycles. The Kier molecular flexibility index (Phi) is 3.92. The normalized spacial score (nSPS) is 10.6. The molecule has 0 bridgehead atoms. The highest BCUT2D eigenvalue weighted by atomic mass is 16.1. The highest BCUT2D eigenvalue weighted by Gasteiger charge is 2.08. The van der Waals surface area contributed by atoms with Crippen molar-refractivity contribution in [2.24, 2.45) is 0 Å². The number of carbonyl (C=O) groups is 1. The molecule has 0 aliphatic heterocycles. The highest BCUT2D eigenvalue weighted by molar-refractivity contribution is 5.95. The molecule has 0 radical (unpaired) electrons. The first kappa shape index (κ1) is 12.6. The Balaban J connectivity index is 1.96. The number of carbonyl (C=O) groups excluding carboxylic acids is 1. The minimum atomic E-state index is 0.163. The maximum atomic E-state index is 12.0. The average Bonchev–Trinajstić information content (AvgIpc) is 2.85. The molecule has 3 nitrogen and oxygen atoms in total. The number of rotatable bonds is 5. The van der Waals surface area contributed by atoms with E-state index in [1.165, 1.54) is 11.1 Å². The van der Waals surface area contributed by atoms with Gasteiger partial charge in [0.1, 0.15) is 0 Å². The fraction of sp³-hybridized carbons (Fsp3) is 0.333. The monoisotopic (exact) mass is 242 g/mol. The maximum Gasteiger partial charge on any atom is 0.166 e. The molecule has 3 heteroatoms. The van der Waals surface area contributed by atoms with Crippen LogP contribution in [0.25, 0.3) is 0 Å². The zero-order valence-electron chi connectivity index (χ0n) is 10.9. The first-order chi connectivity index (χ1) is 8.69. The maximum absolute atomic E-state index is 12.0. The van der Waals surface area contributed by atoms with Crippen molar-refractivity contribution in [3.63, 3.8) is 0 Å². The van der Waals surface area contributed by atoms with Gasteiger partial charge in [-0.05, 0) is 25.8 Å². The van der Waals surface area contributed by atoms with Crippen LogP contribution in [0.15, 0.2) is 36.7 Å². The van der Waals surface area contributed by atoms with Gasteiger partial charge in [0.25, 0.3) is 0 Å². The lowest BCUT2D eigenvalue weighted by Gasteiger charge is -2.01. The van der Waals surface area contributed by atoms with Gasteiger partial charge in [-0.3, -0.25) is 9.48 Å². The van der Waals surface area contributed by atoms with E-state index in [9.17, 15) is 4.79 Å². The first-order valence-electron chi connectivity index (χ1n) is 6.30. The predicted molar refractivity (Wildman–Crippen MR) is 71.7 cm³/mol. The van der Waals surface area contributed by atoms with Crippen molar-refractivity contribution in [3.8, 4) is 0 Å². The molecule has 0 atom stereocenters. The number of hydrogen-bond acceptors (Lipinski definition) is 2. The Morgan fingerprint density at radius 2 is 2.22 bits per heavy atom. The van der Waals surface area contributed by atoms with Crippen LogP contribution < -0.4 is 0 Å². The molecule has 1 aromatic carbocycles. The summed E-state index contributed by atoms with van der Waals surface area (Å²) in [5, 5.41) is 4.12. The van der Waals surface area contributed by atoms with Gasteiger partial charge in [0, 0.05) is 19.2 Å². The van der Waals surface area contributed by atoms with Crippen molar-refractivity contribution in [1.82, 2.24) is 9.78 Å². The van der Waals surface area contributed by atoms with E-state index in [2.05, 4.69) is 30.2 Å². The Morgan fingerprint density at radius 1 is 1.39 bits per heavy atom. The quantitative estimate of drug-likeness (QED) is 0.755. The summed E-state index contributed by atoms with van der Waals surface area (Å²) in [4.78, 5) is 12.0. The topological polar surface area (TPSA) is 34.9 Å². The first-order valence-corrected chi connectivity index (χ1v) is 6.30. The molecule has 2 rings (SSSR count). The summed E-state index contributed by atoms with van der Waals surface area (Å²) in [7, 11) is 0. The van der Waals surface area contributed by atoms with Crippen LogP contribution in [0.5, 0.6) is 0 Å². The van der Waals surface area contributed by atoms with E-state index in [0.29, 0.717) is 12.0 Å². The standard InChI is InChI=1S/C15H18N2O/c1-3-17-11-14(10-16-17)15(18)8-7-13-6-4-5-12(2)9-13/h4-6,9-11H,3,7-8H2,1-2H3. The molecule has 2 aromatic rings. The molecule has 1 heterocycles.